The lowest BCUT2D eigenvalue weighted by molar-refractivity contribution is 0.0617. The third-order valence-corrected chi connectivity index (χ3v) is 4.37. The van der Waals surface area contributed by atoms with Crippen LogP contribution in [0.5, 0.6) is 5.75 Å². The Hall–Kier alpha value is -1.91. The third kappa shape index (κ3) is 4.79. The largest absolute Gasteiger partial charge is 0.491 e. The maximum atomic E-state index is 13.3. The molecular weight excluding hydrogens is 305 g/mol. The van der Waals surface area contributed by atoms with Gasteiger partial charge in [0.25, 0.3) is 0 Å². The summed E-state index contributed by atoms with van der Waals surface area (Å²) in [5.74, 6) is 0.474. The molecule has 1 fully saturated rings. The summed E-state index contributed by atoms with van der Waals surface area (Å²) in [6, 6.07) is 14.0. The van der Waals surface area contributed by atoms with Gasteiger partial charge in [0.2, 0.25) is 0 Å². The number of hydrogen-bond acceptors (Lipinski definition) is 3. The lowest BCUT2D eigenvalue weighted by Gasteiger charge is -2.28. The van der Waals surface area contributed by atoms with Gasteiger partial charge < -0.3 is 14.7 Å². The van der Waals surface area contributed by atoms with Crippen LogP contribution in [0.15, 0.2) is 48.5 Å². The van der Waals surface area contributed by atoms with Gasteiger partial charge in [-0.3, -0.25) is 0 Å². The minimum atomic E-state index is -0.481. The van der Waals surface area contributed by atoms with Crippen molar-refractivity contribution in [3.63, 3.8) is 0 Å². The molecule has 0 radical (unpaired) electrons. The molecule has 1 aliphatic rings. The molecule has 0 bridgehead atoms. The molecule has 2 aromatic rings. The molecule has 2 aromatic carbocycles. The molecule has 1 aliphatic heterocycles. The van der Waals surface area contributed by atoms with Crippen LogP contribution >= 0.6 is 0 Å². The van der Waals surface area contributed by atoms with Gasteiger partial charge in [0.15, 0.2) is 0 Å². The number of piperidine rings is 1. The molecular formula is C20H24FNO2. The van der Waals surface area contributed by atoms with Crippen LogP contribution in [-0.2, 0) is 0 Å². The number of likely N-dealkylation sites (tertiary alicyclic amines) is 1. The molecule has 0 aromatic heterocycles. The Bertz CT molecular complexity index is 638. The highest BCUT2D eigenvalue weighted by atomic mass is 19.1. The minimum absolute atomic E-state index is 0.242. The van der Waals surface area contributed by atoms with Crippen molar-refractivity contribution in [1.29, 1.82) is 0 Å². The molecule has 3 nitrogen and oxygen atoms in total. The lowest BCUT2D eigenvalue weighted by Crippen LogP contribution is -2.38. The van der Waals surface area contributed by atoms with Crippen molar-refractivity contribution in [1.82, 2.24) is 4.90 Å². The van der Waals surface area contributed by atoms with Crippen molar-refractivity contribution >= 4 is 0 Å². The quantitative estimate of drug-likeness (QED) is 0.877. The zero-order chi connectivity index (χ0) is 16.8. The van der Waals surface area contributed by atoms with E-state index in [2.05, 4.69) is 4.90 Å². The maximum Gasteiger partial charge on any atom is 0.123 e. The van der Waals surface area contributed by atoms with Gasteiger partial charge in [0.1, 0.15) is 24.3 Å². The minimum Gasteiger partial charge on any atom is -0.491 e. The average Bonchev–Trinajstić information content (AvgIpc) is 2.61. The highest BCUT2D eigenvalue weighted by Gasteiger charge is 2.15. The van der Waals surface area contributed by atoms with Gasteiger partial charge in [-0.15, -0.1) is 0 Å². The summed E-state index contributed by atoms with van der Waals surface area (Å²) in [5, 5.41) is 10.1. The van der Waals surface area contributed by atoms with Crippen LogP contribution in [0, 0.1) is 5.82 Å². The summed E-state index contributed by atoms with van der Waals surface area (Å²) in [6.45, 7) is 3.09. The van der Waals surface area contributed by atoms with Crippen LogP contribution < -0.4 is 4.74 Å². The zero-order valence-electron chi connectivity index (χ0n) is 13.8. The van der Waals surface area contributed by atoms with Crippen LogP contribution in [0.2, 0.25) is 0 Å². The summed E-state index contributed by atoms with van der Waals surface area (Å²) in [5.41, 5.74) is 1.78. The van der Waals surface area contributed by atoms with E-state index in [4.69, 9.17) is 4.74 Å². The van der Waals surface area contributed by atoms with Crippen molar-refractivity contribution in [2.24, 2.45) is 0 Å². The predicted molar refractivity (Wildman–Crippen MR) is 93.6 cm³/mol. The Morgan fingerprint density at radius 3 is 2.46 bits per heavy atom. The number of β-amino-alcohol motifs (C(OH)–C–C–N with tert-alkyl or cyclic N) is 1. The van der Waals surface area contributed by atoms with Gasteiger partial charge in [-0.1, -0.05) is 30.7 Å². The number of nitrogens with zero attached hydrogens (tertiary/aromatic N) is 1. The lowest BCUT2D eigenvalue weighted by atomic mass is 10.1. The van der Waals surface area contributed by atoms with Gasteiger partial charge >= 0.3 is 0 Å². The molecule has 4 heteroatoms. The van der Waals surface area contributed by atoms with Crippen LogP contribution in [0.3, 0.4) is 0 Å². The fourth-order valence-electron chi connectivity index (χ4n) is 3.10. The molecule has 0 saturated carbocycles. The number of benzene rings is 2. The fraction of sp³-hybridized carbons (Fsp3) is 0.400. The smallest absolute Gasteiger partial charge is 0.123 e. The van der Waals surface area contributed by atoms with Crippen LogP contribution in [0.4, 0.5) is 4.39 Å². The molecule has 24 heavy (non-hydrogen) atoms. The summed E-state index contributed by atoms with van der Waals surface area (Å²) in [7, 11) is 0. The fourth-order valence-corrected chi connectivity index (χ4v) is 3.10. The topological polar surface area (TPSA) is 32.7 Å². The second kappa shape index (κ2) is 8.27. The summed E-state index contributed by atoms with van der Waals surface area (Å²) < 4.78 is 19.0. The predicted octanol–water partition coefficient (Wildman–Crippen LogP) is 3.72. The highest BCUT2D eigenvalue weighted by Crippen LogP contribution is 2.23. The zero-order valence-corrected chi connectivity index (χ0v) is 13.8. The molecule has 128 valence electrons. The van der Waals surface area contributed by atoms with Crippen LogP contribution in [0.1, 0.15) is 19.3 Å². The Morgan fingerprint density at radius 1 is 1.00 bits per heavy atom. The Kier molecular flexibility index (Phi) is 5.83. The second-order valence-corrected chi connectivity index (χ2v) is 6.36. The first-order valence-corrected chi connectivity index (χ1v) is 8.60. The molecule has 1 unspecified atom stereocenters. The van der Waals surface area contributed by atoms with Gasteiger partial charge in [0, 0.05) is 6.54 Å². The number of hydrogen-bond donors (Lipinski definition) is 1. The van der Waals surface area contributed by atoms with Crippen molar-refractivity contribution < 1.29 is 14.2 Å². The molecule has 3 rings (SSSR count). The normalized spacial score (nSPS) is 16.8. The van der Waals surface area contributed by atoms with Gasteiger partial charge in [-0.25, -0.2) is 4.39 Å². The Morgan fingerprint density at radius 2 is 1.75 bits per heavy atom. The molecule has 0 aliphatic carbocycles. The molecule has 1 heterocycles. The van der Waals surface area contributed by atoms with Crippen molar-refractivity contribution in [3.05, 3.63) is 54.3 Å². The number of aliphatic hydroxyl groups excluding tert-OH is 1. The van der Waals surface area contributed by atoms with E-state index in [1.54, 1.807) is 6.07 Å². The summed E-state index contributed by atoms with van der Waals surface area (Å²) in [6.07, 6.45) is 3.25. The van der Waals surface area contributed by atoms with Crippen LogP contribution in [-0.4, -0.2) is 42.4 Å². The number of rotatable bonds is 6. The van der Waals surface area contributed by atoms with E-state index < -0.39 is 6.10 Å². The third-order valence-electron chi connectivity index (χ3n) is 4.37. The molecule has 0 spiro atoms. The summed E-state index contributed by atoms with van der Waals surface area (Å²) >= 11 is 0. The SMILES string of the molecule is OC(COc1ccc(-c2cccc(F)c2)cc1)CN1CCCCC1. The average molecular weight is 329 g/mol. The molecule has 1 saturated heterocycles. The number of aliphatic hydroxyl groups is 1. The van der Waals surface area contributed by atoms with E-state index in [-0.39, 0.29) is 12.4 Å². The van der Waals surface area contributed by atoms with E-state index in [9.17, 15) is 9.50 Å². The summed E-state index contributed by atoms with van der Waals surface area (Å²) in [4.78, 5) is 2.30. The van der Waals surface area contributed by atoms with Gasteiger partial charge in [-0.05, 0) is 61.3 Å². The Labute approximate surface area is 142 Å². The first-order valence-electron chi connectivity index (χ1n) is 8.60. The first-order chi connectivity index (χ1) is 11.7. The van der Waals surface area contributed by atoms with Crippen LogP contribution in [0.25, 0.3) is 11.1 Å². The number of halogens is 1. The van der Waals surface area contributed by atoms with Gasteiger partial charge in [-0.2, -0.15) is 0 Å². The molecule has 1 N–H and O–H groups in total. The van der Waals surface area contributed by atoms with Crippen molar-refractivity contribution in [2.45, 2.75) is 25.4 Å². The highest BCUT2D eigenvalue weighted by molar-refractivity contribution is 5.64. The standard InChI is InChI=1S/C20H24FNO2/c21-18-6-4-5-17(13-18)16-7-9-20(10-8-16)24-15-19(23)14-22-11-2-1-3-12-22/h4-10,13,19,23H,1-3,11-12,14-15H2. The maximum absolute atomic E-state index is 13.3. The Balaban J connectivity index is 1.50. The van der Waals surface area contributed by atoms with E-state index in [0.29, 0.717) is 12.3 Å². The second-order valence-electron chi connectivity index (χ2n) is 6.36. The van der Waals surface area contributed by atoms with E-state index in [1.807, 2.05) is 30.3 Å². The van der Waals surface area contributed by atoms with E-state index in [0.717, 1.165) is 24.2 Å². The molecule has 0 amide bonds. The van der Waals surface area contributed by atoms with Crippen molar-refractivity contribution in [2.75, 3.05) is 26.2 Å². The number of ether oxygens (including phenoxy) is 1. The van der Waals surface area contributed by atoms with E-state index >= 15 is 0 Å². The monoisotopic (exact) mass is 329 g/mol. The van der Waals surface area contributed by atoms with E-state index in [1.165, 1.54) is 31.4 Å². The van der Waals surface area contributed by atoms with Crippen molar-refractivity contribution in [3.8, 4) is 16.9 Å². The van der Waals surface area contributed by atoms with Gasteiger partial charge in [0.05, 0.1) is 0 Å². The first kappa shape index (κ1) is 16.9. The molecule has 1 atom stereocenters.